The maximum Gasteiger partial charge on any atom is 0.338 e. The Morgan fingerprint density at radius 3 is 2.42 bits per heavy atom. The van der Waals surface area contributed by atoms with Crippen molar-refractivity contribution in [3.8, 4) is 11.5 Å². The van der Waals surface area contributed by atoms with E-state index in [9.17, 15) is 9.59 Å². The van der Waals surface area contributed by atoms with Crippen LogP contribution in [-0.2, 0) is 16.1 Å². The SMILES string of the molecule is CCOC(=O)C1=C(CN2CCN(Cc3ccc4c(c3)OCO4)CC2)NC(=O)N[C@H]1c1ccc(C)cc1. The molecule has 0 aliphatic carbocycles. The van der Waals surface area contributed by atoms with Gasteiger partial charge < -0.3 is 24.8 Å². The lowest BCUT2D eigenvalue weighted by Gasteiger charge is -2.37. The van der Waals surface area contributed by atoms with Crippen LogP contribution in [0.25, 0.3) is 0 Å². The number of carbonyl (C=O) groups is 2. The van der Waals surface area contributed by atoms with Gasteiger partial charge in [0.25, 0.3) is 0 Å². The second-order valence-corrected chi connectivity index (χ2v) is 9.29. The molecule has 190 valence electrons. The molecule has 3 aliphatic rings. The van der Waals surface area contributed by atoms with E-state index >= 15 is 0 Å². The average Bonchev–Trinajstić information content (AvgIpc) is 3.33. The molecule has 5 rings (SSSR count). The lowest BCUT2D eigenvalue weighted by Crippen LogP contribution is -2.51. The Labute approximate surface area is 211 Å². The molecule has 0 spiro atoms. The zero-order valence-corrected chi connectivity index (χ0v) is 20.7. The van der Waals surface area contributed by atoms with Gasteiger partial charge in [0.1, 0.15) is 0 Å². The molecule has 1 atom stereocenters. The van der Waals surface area contributed by atoms with Crippen molar-refractivity contribution >= 4 is 12.0 Å². The van der Waals surface area contributed by atoms with E-state index in [1.165, 1.54) is 5.56 Å². The third-order valence-corrected chi connectivity index (χ3v) is 6.75. The fourth-order valence-corrected chi connectivity index (χ4v) is 4.83. The van der Waals surface area contributed by atoms with E-state index in [1.807, 2.05) is 43.3 Å². The number of nitrogens with zero attached hydrogens (tertiary/aromatic N) is 2. The summed E-state index contributed by atoms with van der Waals surface area (Å²) in [5, 5.41) is 5.79. The highest BCUT2D eigenvalue weighted by Gasteiger charge is 2.34. The quantitative estimate of drug-likeness (QED) is 0.574. The van der Waals surface area contributed by atoms with Crippen molar-refractivity contribution in [2.45, 2.75) is 26.4 Å². The standard InChI is InChI=1S/C27H32N4O5/c1-3-34-26(32)24-21(28-27(33)29-25(24)20-7-4-18(2)5-8-20)16-31-12-10-30(11-13-31)15-19-6-9-22-23(14-19)36-17-35-22/h4-9,14,25H,3,10-13,15-17H2,1-2H3,(H2,28,29,33)/t25-/m0/s1. The topological polar surface area (TPSA) is 92.4 Å². The summed E-state index contributed by atoms with van der Waals surface area (Å²) in [6.07, 6.45) is 0. The summed E-state index contributed by atoms with van der Waals surface area (Å²) < 4.78 is 16.3. The number of hydrogen-bond acceptors (Lipinski definition) is 7. The van der Waals surface area contributed by atoms with Crippen LogP contribution in [0.3, 0.4) is 0 Å². The minimum Gasteiger partial charge on any atom is -0.463 e. The number of benzene rings is 2. The molecule has 0 aromatic heterocycles. The molecule has 36 heavy (non-hydrogen) atoms. The van der Waals surface area contributed by atoms with Crippen molar-refractivity contribution < 1.29 is 23.8 Å². The van der Waals surface area contributed by atoms with Crippen molar-refractivity contribution in [1.29, 1.82) is 0 Å². The smallest absolute Gasteiger partial charge is 0.338 e. The first-order chi connectivity index (χ1) is 17.5. The van der Waals surface area contributed by atoms with Gasteiger partial charge in [-0.3, -0.25) is 9.80 Å². The summed E-state index contributed by atoms with van der Waals surface area (Å²) in [4.78, 5) is 30.3. The second kappa shape index (κ2) is 10.6. The minimum atomic E-state index is -0.555. The largest absolute Gasteiger partial charge is 0.463 e. The highest BCUT2D eigenvalue weighted by Crippen LogP contribution is 2.33. The molecule has 2 amide bonds. The van der Waals surface area contributed by atoms with E-state index in [4.69, 9.17) is 14.2 Å². The van der Waals surface area contributed by atoms with E-state index in [-0.39, 0.29) is 19.4 Å². The van der Waals surface area contributed by atoms with Crippen molar-refractivity contribution in [2.75, 3.05) is 46.1 Å². The summed E-state index contributed by atoms with van der Waals surface area (Å²) in [6, 6.07) is 13.0. The Morgan fingerprint density at radius 1 is 1.00 bits per heavy atom. The van der Waals surface area contributed by atoms with Crippen molar-refractivity contribution in [2.24, 2.45) is 0 Å². The van der Waals surface area contributed by atoms with Gasteiger partial charge in [0.05, 0.1) is 18.2 Å². The van der Waals surface area contributed by atoms with Gasteiger partial charge in [-0.25, -0.2) is 9.59 Å². The third kappa shape index (κ3) is 5.32. The predicted octanol–water partition coefficient (Wildman–Crippen LogP) is 2.71. The number of piperazine rings is 1. The molecule has 0 saturated carbocycles. The lowest BCUT2D eigenvalue weighted by molar-refractivity contribution is -0.139. The summed E-state index contributed by atoms with van der Waals surface area (Å²) in [5.41, 5.74) is 4.21. The molecule has 2 aromatic rings. The Bertz CT molecular complexity index is 1160. The van der Waals surface area contributed by atoms with E-state index in [0.717, 1.165) is 55.3 Å². The number of fused-ring (bicyclic) bond motifs is 1. The first-order valence-corrected chi connectivity index (χ1v) is 12.4. The molecule has 9 heteroatoms. The van der Waals surface area contributed by atoms with Crippen LogP contribution < -0.4 is 20.1 Å². The molecule has 2 N–H and O–H groups in total. The molecule has 0 bridgehead atoms. The van der Waals surface area contributed by atoms with E-state index in [1.54, 1.807) is 6.92 Å². The molecule has 1 saturated heterocycles. The van der Waals surface area contributed by atoms with Gasteiger partial charge in [-0.2, -0.15) is 0 Å². The number of urea groups is 1. The first kappa shape index (κ1) is 24.1. The zero-order chi connectivity index (χ0) is 25.1. The van der Waals surface area contributed by atoms with E-state index in [0.29, 0.717) is 17.8 Å². The van der Waals surface area contributed by atoms with Gasteiger partial charge in [-0.15, -0.1) is 0 Å². The van der Waals surface area contributed by atoms with Crippen LogP contribution >= 0.6 is 0 Å². The van der Waals surface area contributed by atoms with Gasteiger partial charge in [-0.1, -0.05) is 35.9 Å². The predicted molar refractivity (Wildman–Crippen MR) is 134 cm³/mol. The maximum absolute atomic E-state index is 13.0. The van der Waals surface area contributed by atoms with Crippen LogP contribution in [0.2, 0.25) is 0 Å². The third-order valence-electron chi connectivity index (χ3n) is 6.75. The molecule has 3 heterocycles. The normalized spacial score (nSPS) is 20.2. The lowest BCUT2D eigenvalue weighted by atomic mass is 9.94. The number of hydrogen-bond donors (Lipinski definition) is 2. The van der Waals surface area contributed by atoms with Gasteiger partial charge in [0.2, 0.25) is 6.79 Å². The van der Waals surface area contributed by atoms with Crippen LogP contribution in [0.15, 0.2) is 53.7 Å². The molecule has 1 fully saturated rings. The number of ether oxygens (including phenoxy) is 3. The summed E-state index contributed by atoms with van der Waals surface area (Å²) >= 11 is 0. The Morgan fingerprint density at radius 2 is 1.69 bits per heavy atom. The first-order valence-electron chi connectivity index (χ1n) is 12.4. The average molecular weight is 493 g/mol. The van der Waals surface area contributed by atoms with Crippen LogP contribution in [0.1, 0.15) is 29.7 Å². The number of amides is 2. The fraction of sp³-hybridized carbons (Fsp3) is 0.407. The molecule has 9 nitrogen and oxygen atoms in total. The Kier molecular flexibility index (Phi) is 7.11. The van der Waals surface area contributed by atoms with Crippen molar-refractivity contribution in [3.63, 3.8) is 0 Å². The highest BCUT2D eigenvalue weighted by molar-refractivity contribution is 5.95. The highest BCUT2D eigenvalue weighted by atomic mass is 16.7. The van der Waals surface area contributed by atoms with E-state index < -0.39 is 12.0 Å². The monoisotopic (exact) mass is 492 g/mol. The number of esters is 1. The Hall–Kier alpha value is -3.56. The van der Waals surface area contributed by atoms with Crippen molar-refractivity contribution in [1.82, 2.24) is 20.4 Å². The number of nitrogens with one attached hydrogen (secondary N) is 2. The maximum atomic E-state index is 13.0. The van der Waals surface area contributed by atoms with Crippen LogP contribution in [0.5, 0.6) is 11.5 Å². The van der Waals surface area contributed by atoms with Gasteiger partial charge in [-0.05, 0) is 37.1 Å². The molecule has 3 aliphatic heterocycles. The second-order valence-electron chi connectivity index (χ2n) is 9.29. The summed E-state index contributed by atoms with van der Waals surface area (Å²) in [7, 11) is 0. The zero-order valence-electron chi connectivity index (χ0n) is 20.7. The van der Waals surface area contributed by atoms with Gasteiger partial charge in [0.15, 0.2) is 11.5 Å². The van der Waals surface area contributed by atoms with Crippen LogP contribution in [0, 0.1) is 6.92 Å². The summed E-state index contributed by atoms with van der Waals surface area (Å²) in [6.45, 7) is 9.04. The number of aryl methyl sites for hydroxylation is 1. The fourth-order valence-electron chi connectivity index (χ4n) is 4.83. The molecule has 2 aromatic carbocycles. The van der Waals surface area contributed by atoms with Gasteiger partial charge in [0, 0.05) is 45.0 Å². The van der Waals surface area contributed by atoms with Gasteiger partial charge >= 0.3 is 12.0 Å². The number of carbonyl (C=O) groups excluding carboxylic acids is 2. The molecular formula is C27H32N4O5. The van der Waals surface area contributed by atoms with E-state index in [2.05, 4.69) is 26.5 Å². The van der Waals surface area contributed by atoms with Crippen molar-refractivity contribution in [3.05, 3.63) is 70.4 Å². The summed E-state index contributed by atoms with van der Waals surface area (Å²) in [5.74, 6) is 1.18. The molecule has 0 unspecified atom stereocenters. The Balaban J connectivity index is 1.28. The van der Waals surface area contributed by atoms with Crippen LogP contribution in [0.4, 0.5) is 4.79 Å². The molecule has 0 radical (unpaired) electrons. The van der Waals surface area contributed by atoms with Crippen LogP contribution in [-0.4, -0.2) is 67.9 Å². The number of rotatable bonds is 7. The molecular weight excluding hydrogens is 460 g/mol. The minimum absolute atomic E-state index is 0.267.